The first kappa shape index (κ1) is 15.6. The maximum absolute atomic E-state index is 4.47. The topological polar surface area (TPSA) is 24.9 Å². The Bertz CT molecular complexity index is 328. The van der Waals surface area contributed by atoms with Gasteiger partial charge in [0.1, 0.15) is 0 Å². The third kappa shape index (κ3) is 5.49. The van der Waals surface area contributed by atoms with Crippen LogP contribution in [0.5, 0.6) is 0 Å². The van der Waals surface area contributed by atoms with E-state index in [2.05, 4.69) is 39.2 Å². The van der Waals surface area contributed by atoms with E-state index in [0.717, 1.165) is 16.6 Å². The number of aromatic nitrogens is 1. The lowest BCUT2D eigenvalue weighted by Crippen LogP contribution is -2.18. The molecule has 0 aliphatic rings. The van der Waals surface area contributed by atoms with Gasteiger partial charge in [0.15, 0.2) is 0 Å². The largest absolute Gasteiger partial charge is 0.312 e. The lowest BCUT2D eigenvalue weighted by molar-refractivity contribution is 0.488. The number of hydrogen-bond donors (Lipinski definition) is 1. The fourth-order valence-corrected chi connectivity index (χ4v) is 2.73. The number of halogens is 1. The molecule has 0 saturated heterocycles. The van der Waals surface area contributed by atoms with E-state index in [0.29, 0.717) is 6.04 Å². The van der Waals surface area contributed by atoms with Gasteiger partial charge >= 0.3 is 0 Å². The lowest BCUT2D eigenvalue weighted by Gasteiger charge is -2.16. The van der Waals surface area contributed by atoms with E-state index in [9.17, 15) is 0 Å². The van der Waals surface area contributed by atoms with Crippen LogP contribution in [0.15, 0.2) is 22.8 Å². The quantitative estimate of drug-likeness (QED) is 0.659. The molecule has 3 heteroatoms. The molecule has 1 heterocycles. The fraction of sp³-hybridized carbons (Fsp3) is 0.667. The zero-order valence-electron chi connectivity index (χ0n) is 11.6. The first-order valence-electron chi connectivity index (χ1n) is 7.07. The van der Waals surface area contributed by atoms with Gasteiger partial charge in [-0.05, 0) is 41.5 Å². The highest BCUT2D eigenvalue weighted by atomic mass is 79.9. The van der Waals surface area contributed by atoms with Gasteiger partial charge in [-0.25, -0.2) is 0 Å². The molecule has 2 nitrogen and oxygen atoms in total. The van der Waals surface area contributed by atoms with Crippen molar-refractivity contribution in [3.05, 3.63) is 28.5 Å². The number of pyridine rings is 1. The number of unbranched alkanes of at least 4 members (excludes halogenated alkanes) is 5. The highest BCUT2D eigenvalue weighted by Crippen LogP contribution is 2.24. The Kier molecular flexibility index (Phi) is 8.27. The SMILES string of the molecule is CCCCCCCCC(NC)c1ncccc1Br. The number of nitrogens with one attached hydrogen (secondary N) is 1. The monoisotopic (exact) mass is 312 g/mol. The predicted molar refractivity (Wildman–Crippen MR) is 81.7 cm³/mol. The Labute approximate surface area is 120 Å². The van der Waals surface area contributed by atoms with Crippen molar-refractivity contribution in [1.82, 2.24) is 10.3 Å². The van der Waals surface area contributed by atoms with Gasteiger partial charge in [-0.1, -0.05) is 45.4 Å². The van der Waals surface area contributed by atoms with Crippen LogP contribution in [0, 0.1) is 0 Å². The molecule has 1 aromatic rings. The summed E-state index contributed by atoms with van der Waals surface area (Å²) in [5, 5.41) is 3.37. The molecule has 1 atom stereocenters. The standard InChI is InChI=1S/C15H25BrN2/c1-3-4-5-6-7-8-11-14(17-2)15-13(16)10-9-12-18-15/h9-10,12,14,17H,3-8,11H2,1-2H3. The third-order valence-electron chi connectivity index (χ3n) is 3.31. The summed E-state index contributed by atoms with van der Waals surface area (Å²) in [5.74, 6) is 0. The molecule has 0 amide bonds. The number of rotatable bonds is 9. The molecule has 1 aromatic heterocycles. The van der Waals surface area contributed by atoms with E-state index in [4.69, 9.17) is 0 Å². The van der Waals surface area contributed by atoms with Crippen molar-refractivity contribution in [1.29, 1.82) is 0 Å². The summed E-state index contributed by atoms with van der Waals surface area (Å²) >= 11 is 3.58. The van der Waals surface area contributed by atoms with Gasteiger partial charge in [-0.15, -0.1) is 0 Å². The first-order valence-corrected chi connectivity index (χ1v) is 7.86. The molecule has 1 rings (SSSR count). The molecule has 0 aromatic carbocycles. The van der Waals surface area contributed by atoms with Crippen LogP contribution < -0.4 is 5.32 Å². The van der Waals surface area contributed by atoms with Gasteiger partial charge in [-0.3, -0.25) is 4.98 Å². The molecule has 102 valence electrons. The van der Waals surface area contributed by atoms with Crippen molar-refractivity contribution in [3.8, 4) is 0 Å². The van der Waals surface area contributed by atoms with Crippen molar-refractivity contribution in [2.45, 2.75) is 57.9 Å². The zero-order valence-corrected chi connectivity index (χ0v) is 13.2. The molecular formula is C15H25BrN2. The Morgan fingerprint density at radius 3 is 2.61 bits per heavy atom. The predicted octanol–water partition coefficient (Wildman–Crippen LogP) is 4.86. The minimum absolute atomic E-state index is 0.367. The smallest absolute Gasteiger partial charge is 0.0714 e. The van der Waals surface area contributed by atoms with Crippen LogP contribution in [0.3, 0.4) is 0 Å². The maximum atomic E-state index is 4.47. The van der Waals surface area contributed by atoms with Crippen molar-refractivity contribution < 1.29 is 0 Å². The summed E-state index contributed by atoms with van der Waals surface area (Å²) in [6, 6.07) is 4.39. The van der Waals surface area contributed by atoms with Crippen LogP contribution in [-0.4, -0.2) is 12.0 Å². The normalized spacial score (nSPS) is 12.6. The summed E-state index contributed by atoms with van der Waals surface area (Å²) < 4.78 is 1.11. The molecule has 0 saturated carbocycles. The van der Waals surface area contributed by atoms with Crippen LogP contribution in [0.4, 0.5) is 0 Å². The molecule has 0 spiro atoms. The third-order valence-corrected chi connectivity index (χ3v) is 3.98. The van der Waals surface area contributed by atoms with Gasteiger partial charge < -0.3 is 5.32 Å². The summed E-state index contributed by atoms with van der Waals surface area (Å²) in [6.07, 6.45) is 11.1. The summed E-state index contributed by atoms with van der Waals surface area (Å²) in [4.78, 5) is 4.47. The summed E-state index contributed by atoms with van der Waals surface area (Å²) in [6.45, 7) is 2.26. The molecular weight excluding hydrogens is 288 g/mol. The second kappa shape index (κ2) is 9.51. The van der Waals surface area contributed by atoms with E-state index in [1.165, 1.54) is 38.5 Å². The Hall–Kier alpha value is -0.410. The first-order chi connectivity index (χ1) is 8.79. The molecule has 0 aliphatic carbocycles. The minimum atomic E-state index is 0.367. The zero-order chi connectivity index (χ0) is 13.2. The number of hydrogen-bond acceptors (Lipinski definition) is 2. The van der Waals surface area contributed by atoms with Crippen LogP contribution in [0.1, 0.15) is 63.6 Å². The fourth-order valence-electron chi connectivity index (χ4n) is 2.20. The molecule has 0 radical (unpaired) electrons. The molecule has 0 aliphatic heterocycles. The van der Waals surface area contributed by atoms with Crippen LogP contribution >= 0.6 is 15.9 Å². The van der Waals surface area contributed by atoms with Gasteiger partial charge in [-0.2, -0.15) is 0 Å². The highest BCUT2D eigenvalue weighted by Gasteiger charge is 2.12. The second-order valence-corrected chi connectivity index (χ2v) is 5.62. The van der Waals surface area contributed by atoms with Crippen molar-refractivity contribution >= 4 is 15.9 Å². The second-order valence-electron chi connectivity index (χ2n) is 4.77. The average molecular weight is 313 g/mol. The van der Waals surface area contributed by atoms with Crippen LogP contribution in [0.2, 0.25) is 0 Å². The van der Waals surface area contributed by atoms with Crippen molar-refractivity contribution in [3.63, 3.8) is 0 Å². The highest BCUT2D eigenvalue weighted by molar-refractivity contribution is 9.10. The molecule has 0 fully saturated rings. The Morgan fingerprint density at radius 2 is 1.94 bits per heavy atom. The van der Waals surface area contributed by atoms with Crippen molar-refractivity contribution in [2.75, 3.05) is 7.05 Å². The summed E-state index contributed by atoms with van der Waals surface area (Å²) in [7, 11) is 2.02. The minimum Gasteiger partial charge on any atom is -0.312 e. The lowest BCUT2D eigenvalue weighted by atomic mass is 10.0. The molecule has 18 heavy (non-hydrogen) atoms. The van der Waals surface area contributed by atoms with E-state index in [1.54, 1.807) is 0 Å². The average Bonchev–Trinajstić information content (AvgIpc) is 2.39. The van der Waals surface area contributed by atoms with Crippen LogP contribution in [-0.2, 0) is 0 Å². The van der Waals surface area contributed by atoms with E-state index < -0.39 is 0 Å². The van der Waals surface area contributed by atoms with Gasteiger partial charge in [0.2, 0.25) is 0 Å². The number of nitrogens with zero attached hydrogens (tertiary/aromatic N) is 1. The van der Waals surface area contributed by atoms with Crippen molar-refractivity contribution in [2.24, 2.45) is 0 Å². The van der Waals surface area contributed by atoms with E-state index in [1.807, 2.05) is 19.3 Å². The molecule has 0 bridgehead atoms. The Balaban J connectivity index is 2.32. The maximum Gasteiger partial charge on any atom is 0.0714 e. The van der Waals surface area contributed by atoms with Gasteiger partial charge in [0.25, 0.3) is 0 Å². The molecule has 1 unspecified atom stereocenters. The Morgan fingerprint density at radius 1 is 1.22 bits per heavy atom. The van der Waals surface area contributed by atoms with Crippen LogP contribution in [0.25, 0.3) is 0 Å². The molecule has 1 N–H and O–H groups in total. The van der Waals surface area contributed by atoms with E-state index in [-0.39, 0.29) is 0 Å². The van der Waals surface area contributed by atoms with Gasteiger partial charge in [0, 0.05) is 10.7 Å². The summed E-state index contributed by atoms with van der Waals surface area (Å²) in [5.41, 5.74) is 1.13. The van der Waals surface area contributed by atoms with Gasteiger partial charge in [0.05, 0.1) is 11.7 Å². The van der Waals surface area contributed by atoms with E-state index >= 15 is 0 Å².